The van der Waals surface area contributed by atoms with Crippen LogP contribution < -0.4 is 4.31 Å². The van der Waals surface area contributed by atoms with Crippen LogP contribution in [0.4, 0.5) is 10.7 Å². The molecule has 0 unspecified atom stereocenters. The first-order chi connectivity index (χ1) is 11.8. The minimum Gasteiger partial charge on any atom is -0.225 e. The molecule has 2 aromatic carbocycles. The number of hydrogen-bond donors (Lipinski definition) is 0. The average Bonchev–Trinajstić information content (AvgIpc) is 3.06. The minimum atomic E-state index is -3.89. The Bertz CT molecular complexity index is 952. The second kappa shape index (κ2) is 7.17. The van der Waals surface area contributed by atoms with Crippen molar-refractivity contribution in [1.82, 2.24) is 0 Å². The molecule has 0 N–H and O–H groups in total. The molecule has 3 nitrogen and oxygen atoms in total. The van der Waals surface area contributed by atoms with E-state index >= 15 is 0 Å². The number of para-hydroxylation sites is 1. The van der Waals surface area contributed by atoms with Crippen LogP contribution in [0.1, 0.15) is 5.56 Å². The van der Waals surface area contributed by atoms with Crippen LogP contribution in [0.15, 0.2) is 77.0 Å². The number of anilines is 2. The van der Waals surface area contributed by atoms with Crippen LogP contribution in [0.25, 0.3) is 0 Å². The Hall–Kier alpha value is -1.24. The maximum atomic E-state index is 13.3. The Balaban J connectivity index is 2.25. The fourth-order valence-corrected chi connectivity index (χ4v) is 5.66. The van der Waals surface area contributed by atoms with Gasteiger partial charge < -0.3 is 0 Å². The highest BCUT2D eigenvalue weighted by Crippen LogP contribution is 2.48. The molecule has 3 aromatic rings. The minimum absolute atomic E-state index is 0.155. The van der Waals surface area contributed by atoms with Crippen molar-refractivity contribution in [2.24, 2.45) is 0 Å². The molecule has 0 spiro atoms. The number of sulfonamides is 1. The van der Waals surface area contributed by atoms with Crippen molar-refractivity contribution in [3.05, 3.63) is 77.7 Å². The molecule has 0 aliphatic rings. The summed E-state index contributed by atoms with van der Waals surface area (Å²) in [5.74, 6) is 0. The van der Waals surface area contributed by atoms with Gasteiger partial charge in [0, 0.05) is 5.56 Å². The third kappa shape index (κ3) is 3.81. The molecule has 1 aromatic heterocycles. The third-order valence-electron chi connectivity index (χ3n) is 3.41. The van der Waals surface area contributed by atoms with Gasteiger partial charge in [0.25, 0.3) is 10.0 Å². The van der Waals surface area contributed by atoms with E-state index in [-0.39, 0.29) is 4.90 Å². The predicted octanol–water partition coefficient (Wildman–Crippen LogP) is 6.10. The van der Waals surface area contributed by atoms with E-state index in [1.54, 1.807) is 60.0 Å². The summed E-state index contributed by atoms with van der Waals surface area (Å²) in [5.41, 5.74) is 0.773. The zero-order chi connectivity index (χ0) is 18.1. The van der Waals surface area contributed by atoms with Crippen molar-refractivity contribution < 1.29 is 8.42 Å². The molecule has 0 fully saturated rings. The molecule has 0 amide bonds. The van der Waals surface area contributed by atoms with Gasteiger partial charge in [-0.25, -0.2) is 12.7 Å². The van der Waals surface area contributed by atoms with Crippen LogP contribution >= 0.6 is 46.1 Å². The van der Waals surface area contributed by atoms with Crippen LogP contribution in [0, 0.1) is 0 Å². The number of rotatable bonds is 4. The molecule has 0 saturated carbocycles. The normalized spacial score (nSPS) is 12.1. The van der Waals surface area contributed by atoms with E-state index in [0.717, 1.165) is 0 Å². The summed E-state index contributed by atoms with van der Waals surface area (Å²) in [6.07, 6.45) is 0. The van der Waals surface area contributed by atoms with Gasteiger partial charge in [-0.15, -0.1) is 11.3 Å². The summed E-state index contributed by atoms with van der Waals surface area (Å²) in [4.78, 5) is 0.155. The first kappa shape index (κ1) is 18.5. The zero-order valence-corrected chi connectivity index (χ0v) is 16.5. The first-order valence-corrected chi connectivity index (χ1v) is 10.6. The first-order valence-electron chi connectivity index (χ1n) is 7.12. The van der Waals surface area contributed by atoms with Gasteiger partial charge in [0.15, 0.2) is 0 Å². The summed E-state index contributed by atoms with van der Waals surface area (Å²) >= 11 is 19.3. The van der Waals surface area contributed by atoms with Gasteiger partial charge in [0.05, 0.1) is 10.6 Å². The van der Waals surface area contributed by atoms with Gasteiger partial charge in [0.2, 0.25) is 3.79 Å². The summed E-state index contributed by atoms with van der Waals surface area (Å²) < 4.78 is 26.1. The van der Waals surface area contributed by atoms with Gasteiger partial charge in [0.1, 0.15) is 5.00 Å². The van der Waals surface area contributed by atoms with Gasteiger partial charge in [-0.05, 0) is 35.7 Å². The largest absolute Gasteiger partial charge is 0.269 e. The number of nitrogens with zero attached hydrogens (tertiary/aromatic N) is 1. The molecule has 1 heterocycles. The van der Waals surface area contributed by atoms with Gasteiger partial charge >= 0.3 is 0 Å². The highest BCUT2D eigenvalue weighted by Gasteiger charge is 2.35. The molecule has 0 radical (unpaired) electrons. The van der Waals surface area contributed by atoms with E-state index in [9.17, 15) is 8.42 Å². The van der Waals surface area contributed by atoms with Crippen molar-refractivity contribution in [3.8, 4) is 0 Å². The molecular formula is C17H12Cl3NO2S2. The smallest absolute Gasteiger partial charge is 0.225 e. The van der Waals surface area contributed by atoms with Crippen LogP contribution in [0.5, 0.6) is 0 Å². The third-order valence-corrected chi connectivity index (χ3v) is 6.77. The van der Waals surface area contributed by atoms with Crippen LogP contribution in [0.2, 0.25) is 0 Å². The Morgan fingerprint density at radius 3 is 1.96 bits per heavy atom. The maximum absolute atomic E-state index is 13.3. The van der Waals surface area contributed by atoms with Crippen LogP contribution in [-0.2, 0) is 13.8 Å². The number of benzene rings is 2. The fourth-order valence-electron chi connectivity index (χ4n) is 2.30. The summed E-state index contributed by atoms with van der Waals surface area (Å²) in [6.45, 7) is 0. The fraction of sp³-hybridized carbons (Fsp3) is 0.0588. The lowest BCUT2D eigenvalue weighted by Crippen LogP contribution is -2.27. The Morgan fingerprint density at radius 2 is 1.40 bits per heavy atom. The van der Waals surface area contributed by atoms with Gasteiger partial charge in [-0.2, -0.15) is 0 Å². The average molecular weight is 433 g/mol. The molecule has 25 heavy (non-hydrogen) atoms. The number of hydrogen-bond acceptors (Lipinski definition) is 3. The zero-order valence-electron chi connectivity index (χ0n) is 12.6. The molecule has 130 valence electrons. The van der Waals surface area contributed by atoms with E-state index in [4.69, 9.17) is 34.8 Å². The quantitative estimate of drug-likeness (QED) is 0.467. The topological polar surface area (TPSA) is 37.4 Å². The SMILES string of the molecule is O=S(=O)(c1ccccc1)N(c1ccccc1)c1sccc1C(Cl)(Cl)Cl. The van der Waals surface area contributed by atoms with E-state index in [1.165, 1.54) is 27.8 Å². The number of thiophene rings is 1. The summed E-state index contributed by atoms with van der Waals surface area (Å²) in [7, 11) is -3.89. The molecule has 8 heteroatoms. The Morgan fingerprint density at radius 1 is 0.840 bits per heavy atom. The highest BCUT2D eigenvalue weighted by molar-refractivity contribution is 7.93. The molecule has 0 atom stereocenters. The molecule has 0 aliphatic carbocycles. The van der Waals surface area contributed by atoms with Crippen LogP contribution in [0.3, 0.4) is 0 Å². The van der Waals surface area contributed by atoms with Crippen molar-refractivity contribution in [3.63, 3.8) is 0 Å². The Kier molecular flexibility index (Phi) is 5.32. The molecule has 0 aliphatic heterocycles. The van der Waals surface area contributed by atoms with E-state index in [1.807, 2.05) is 0 Å². The Labute approximate surface area is 165 Å². The van der Waals surface area contributed by atoms with Crippen LogP contribution in [-0.4, -0.2) is 8.42 Å². The molecule has 3 rings (SSSR count). The number of alkyl halides is 3. The lowest BCUT2D eigenvalue weighted by Gasteiger charge is -2.26. The van der Waals surface area contributed by atoms with Crippen molar-refractivity contribution in [1.29, 1.82) is 0 Å². The van der Waals surface area contributed by atoms with Gasteiger partial charge in [-0.1, -0.05) is 71.2 Å². The lowest BCUT2D eigenvalue weighted by molar-refractivity contribution is 0.596. The van der Waals surface area contributed by atoms with E-state index in [2.05, 4.69) is 0 Å². The van der Waals surface area contributed by atoms with Crippen molar-refractivity contribution in [2.75, 3.05) is 4.31 Å². The second-order valence-electron chi connectivity index (χ2n) is 5.06. The second-order valence-corrected chi connectivity index (χ2v) is 10.0. The predicted molar refractivity (Wildman–Crippen MR) is 106 cm³/mol. The van der Waals surface area contributed by atoms with Crippen molar-refractivity contribution in [2.45, 2.75) is 8.69 Å². The van der Waals surface area contributed by atoms with Crippen molar-refractivity contribution >= 4 is 66.9 Å². The molecule has 0 saturated heterocycles. The summed E-state index contributed by atoms with van der Waals surface area (Å²) in [5, 5.41) is 2.04. The monoisotopic (exact) mass is 431 g/mol. The standard InChI is InChI=1S/C17H12Cl3NO2S2/c18-17(19,20)15-11-12-24-16(15)21(13-7-3-1-4-8-13)25(22,23)14-9-5-2-6-10-14/h1-12H. The number of halogens is 3. The molecule has 0 bridgehead atoms. The lowest BCUT2D eigenvalue weighted by atomic mass is 10.3. The molecular weight excluding hydrogens is 421 g/mol. The van der Waals surface area contributed by atoms with Gasteiger partial charge in [-0.3, -0.25) is 0 Å². The van der Waals surface area contributed by atoms with E-state index in [0.29, 0.717) is 16.3 Å². The highest BCUT2D eigenvalue weighted by atomic mass is 35.6. The maximum Gasteiger partial charge on any atom is 0.269 e. The summed E-state index contributed by atoms with van der Waals surface area (Å²) in [6, 6.07) is 18.5. The van der Waals surface area contributed by atoms with E-state index < -0.39 is 13.8 Å².